The highest BCUT2D eigenvalue weighted by Gasteiger charge is 2.33. The van der Waals surface area contributed by atoms with Crippen LogP contribution in [0.25, 0.3) is 0 Å². The first kappa shape index (κ1) is 16.4. The van der Waals surface area contributed by atoms with Gasteiger partial charge in [-0.1, -0.05) is 51.7 Å². The van der Waals surface area contributed by atoms with Crippen molar-refractivity contribution in [1.82, 2.24) is 5.32 Å². The third-order valence-electron chi connectivity index (χ3n) is 4.85. The second-order valence-corrected chi connectivity index (χ2v) is 6.19. The van der Waals surface area contributed by atoms with E-state index in [1.807, 2.05) is 0 Å². The minimum Gasteiger partial charge on any atom is -0.310 e. The smallest absolute Gasteiger partial charge is 0.163 e. The highest BCUT2D eigenvalue weighted by Crippen LogP contribution is 2.41. The Kier molecular flexibility index (Phi) is 6.16. The summed E-state index contributed by atoms with van der Waals surface area (Å²) >= 11 is 0. The lowest BCUT2D eigenvalue weighted by atomic mass is 9.72. The zero-order valence-corrected chi connectivity index (χ0v) is 13.2. The van der Waals surface area contributed by atoms with Crippen molar-refractivity contribution in [3.05, 3.63) is 35.4 Å². The van der Waals surface area contributed by atoms with Crippen molar-refractivity contribution in [2.24, 2.45) is 11.8 Å². The van der Waals surface area contributed by atoms with Crippen molar-refractivity contribution < 1.29 is 8.78 Å². The quantitative estimate of drug-likeness (QED) is 0.758. The molecule has 1 nitrogen and oxygen atoms in total. The van der Waals surface area contributed by atoms with Crippen LogP contribution in [-0.4, -0.2) is 6.54 Å². The Labute approximate surface area is 127 Å². The Bertz CT molecular complexity index is 447. The van der Waals surface area contributed by atoms with Gasteiger partial charge >= 0.3 is 0 Å². The summed E-state index contributed by atoms with van der Waals surface area (Å²) in [5, 5.41) is 3.48. The van der Waals surface area contributed by atoms with Gasteiger partial charge in [0.1, 0.15) is 0 Å². The standard InChI is InChI=1S/C18H27F2N/c1-3-12-21-18(14-9-6-5-8-13(14)4-2)15-10-7-11-16(19)17(15)20/h7,10-11,13-14,18,21H,3-6,8-9,12H2,1-2H3. The Morgan fingerprint density at radius 3 is 2.67 bits per heavy atom. The predicted octanol–water partition coefficient (Wildman–Crippen LogP) is 5.22. The Morgan fingerprint density at radius 1 is 1.19 bits per heavy atom. The molecule has 3 atom stereocenters. The molecule has 0 radical (unpaired) electrons. The second kappa shape index (κ2) is 7.88. The zero-order valence-electron chi connectivity index (χ0n) is 13.2. The number of rotatable bonds is 6. The molecule has 0 heterocycles. The van der Waals surface area contributed by atoms with Gasteiger partial charge in [0.25, 0.3) is 0 Å². The Morgan fingerprint density at radius 2 is 1.95 bits per heavy atom. The van der Waals surface area contributed by atoms with E-state index in [-0.39, 0.29) is 6.04 Å². The molecule has 1 aromatic carbocycles. The van der Waals surface area contributed by atoms with Crippen LogP contribution in [0, 0.1) is 23.5 Å². The zero-order chi connectivity index (χ0) is 15.2. The van der Waals surface area contributed by atoms with Crippen LogP contribution in [0.15, 0.2) is 18.2 Å². The van der Waals surface area contributed by atoms with Crippen molar-refractivity contribution in [2.45, 2.75) is 58.4 Å². The number of nitrogens with one attached hydrogen (secondary N) is 1. The molecule has 3 unspecified atom stereocenters. The largest absolute Gasteiger partial charge is 0.310 e. The van der Waals surface area contributed by atoms with Crippen LogP contribution in [0.5, 0.6) is 0 Å². The van der Waals surface area contributed by atoms with E-state index in [1.165, 1.54) is 25.3 Å². The van der Waals surface area contributed by atoms with Crippen LogP contribution < -0.4 is 5.32 Å². The minimum absolute atomic E-state index is 0.0640. The molecule has 2 rings (SSSR count). The molecule has 0 aromatic heterocycles. The fourth-order valence-electron chi connectivity index (χ4n) is 3.73. The predicted molar refractivity (Wildman–Crippen MR) is 83.1 cm³/mol. The van der Waals surface area contributed by atoms with Gasteiger partial charge < -0.3 is 5.32 Å². The fraction of sp³-hybridized carbons (Fsp3) is 0.667. The molecular weight excluding hydrogens is 268 g/mol. The SMILES string of the molecule is CCCNC(c1cccc(F)c1F)C1CCCCC1CC. The summed E-state index contributed by atoms with van der Waals surface area (Å²) < 4.78 is 27.9. The molecule has 1 fully saturated rings. The van der Waals surface area contributed by atoms with Crippen molar-refractivity contribution >= 4 is 0 Å². The molecule has 118 valence electrons. The molecule has 0 bridgehead atoms. The van der Waals surface area contributed by atoms with E-state index in [4.69, 9.17) is 0 Å². The average molecular weight is 295 g/mol. The van der Waals surface area contributed by atoms with Gasteiger partial charge in [-0.25, -0.2) is 8.78 Å². The summed E-state index contributed by atoms with van der Waals surface area (Å²) in [5.74, 6) is -0.395. The summed E-state index contributed by atoms with van der Waals surface area (Å²) in [6.07, 6.45) is 6.89. The molecule has 1 saturated carbocycles. The fourth-order valence-corrected chi connectivity index (χ4v) is 3.73. The Balaban J connectivity index is 2.30. The van der Waals surface area contributed by atoms with Gasteiger partial charge in [-0.3, -0.25) is 0 Å². The third-order valence-corrected chi connectivity index (χ3v) is 4.85. The molecule has 0 spiro atoms. The van der Waals surface area contributed by atoms with E-state index < -0.39 is 11.6 Å². The molecule has 1 aliphatic carbocycles. The van der Waals surface area contributed by atoms with Crippen LogP contribution in [0.1, 0.15) is 64.0 Å². The van der Waals surface area contributed by atoms with E-state index in [2.05, 4.69) is 19.2 Å². The summed E-state index contributed by atoms with van der Waals surface area (Å²) in [7, 11) is 0. The maximum absolute atomic E-state index is 14.3. The van der Waals surface area contributed by atoms with Crippen LogP contribution in [0.3, 0.4) is 0 Å². The first-order valence-corrected chi connectivity index (χ1v) is 8.36. The van der Waals surface area contributed by atoms with Gasteiger partial charge in [-0.15, -0.1) is 0 Å². The van der Waals surface area contributed by atoms with Gasteiger partial charge in [0.2, 0.25) is 0 Å². The molecule has 0 aliphatic heterocycles. The molecule has 3 heteroatoms. The summed E-state index contributed by atoms with van der Waals surface area (Å²) in [4.78, 5) is 0. The van der Waals surface area contributed by atoms with E-state index >= 15 is 0 Å². The molecule has 1 aliphatic rings. The highest BCUT2D eigenvalue weighted by atomic mass is 19.2. The van der Waals surface area contributed by atoms with Crippen LogP contribution in [0.4, 0.5) is 8.78 Å². The minimum atomic E-state index is -0.736. The van der Waals surface area contributed by atoms with E-state index in [1.54, 1.807) is 12.1 Å². The van der Waals surface area contributed by atoms with Gasteiger partial charge in [0, 0.05) is 11.6 Å². The van der Waals surface area contributed by atoms with Crippen LogP contribution in [-0.2, 0) is 0 Å². The van der Waals surface area contributed by atoms with Crippen LogP contribution >= 0.6 is 0 Å². The summed E-state index contributed by atoms with van der Waals surface area (Å²) in [6.45, 7) is 5.15. The van der Waals surface area contributed by atoms with Crippen molar-refractivity contribution in [2.75, 3.05) is 6.54 Å². The maximum Gasteiger partial charge on any atom is 0.163 e. The molecule has 1 aromatic rings. The lowest BCUT2D eigenvalue weighted by Crippen LogP contribution is -2.35. The van der Waals surface area contributed by atoms with E-state index in [0.717, 1.165) is 25.8 Å². The van der Waals surface area contributed by atoms with E-state index in [0.29, 0.717) is 17.4 Å². The highest BCUT2D eigenvalue weighted by molar-refractivity contribution is 5.23. The molecule has 0 saturated heterocycles. The molecule has 0 amide bonds. The molecular formula is C18H27F2N. The molecule has 21 heavy (non-hydrogen) atoms. The number of hydrogen-bond donors (Lipinski definition) is 1. The number of benzene rings is 1. The van der Waals surface area contributed by atoms with Crippen LogP contribution in [0.2, 0.25) is 0 Å². The molecule has 1 N–H and O–H groups in total. The average Bonchev–Trinajstić information content (AvgIpc) is 2.52. The maximum atomic E-state index is 14.3. The summed E-state index contributed by atoms with van der Waals surface area (Å²) in [5.41, 5.74) is 0.508. The van der Waals surface area contributed by atoms with Gasteiger partial charge in [0.05, 0.1) is 0 Å². The third kappa shape index (κ3) is 3.82. The van der Waals surface area contributed by atoms with Gasteiger partial charge in [-0.05, 0) is 37.3 Å². The monoisotopic (exact) mass is 295 g/mol. The first-order chi connectivity index (χ1) is 10.2. The lowest BCUT2D eigenvalue weighted by Gasteiger charge is -2.38. The number of halogens is 2. The second-order valence-electron chi connectivity index (χ2n) is 6.19. The van der Waals surface area contributed by atoms with Crippen molar-refractivity contribution in [1.29, 1.82) is 0 Å². The lowest BCUT2D eigenvalue weighted by molar-refractivity contribution is 0.172. The van der Waals surface area contributed by atoms with Gasteiger partial charge in [0.15, 0.2) is 11.6 Å². The summed E-state index contributed by atoms with van der Waals surface area (Å²) in [6, 6.07) is 4.50. The van der Waals surface area contributed by atoms with E-state index in [9.17, 15) is 8.78 Å². The van der Waals surface area contributed by atoms with Crippen molar-refractivity contribution in [3.8, 4) is 0 Å². The normalized spacial score (nSPS) is 24.0. The topological polar surface area (TPSA) is 12.0 Å². The van der Waals surface area contributed by atoms with Crippen molar-refractivity contribution in [3.63, 3.8) is 0 Å². The Hall–Kier alpha value is -0.960. The van der Waals surface area contributed by atoms with Gasteiger partial charge in [-0.2, -0.15) is 0 Å². The first-order valence-electron chi connectivity index (χ1n) is 8.36. The number of hydrogen-bond acceptors (Lipinski definition) is 1.